The molecule has 0 unspecified atom stereocenters. The number of carbonyl (C=O) groups excluding carboxylic acids is 1. The Labute approximate surface area is 120 Å². The first-order valence-corrected chi connectivity index (χ1v) is 7.37. The van der Waals surface area contributed by atoms with Gasteiger partial charge in [0, 0.05) is 13.1 Å². The van der Waals surface area contributed by atoms with E-state index in [2.05, 4.69) is 4.90 Å². The van der Waals surface area contributed by atoms with Gasteiger partial charge in [-0.15, -0.1) is 0 Å². The van der Waals surface area contributed by atoms with Crippen molar-refractivity contribution in [3.8, 4) is 5.75 Å². The van der Waals surface area contributed by atoms with E-state index in [-0.39, 0.29) is 0 Å². The molecule has 1 aliphatic rings. The van der Waals surface area contributed by atoms with E-state index in [0.717, 1.165) is 52.0 Å². The summed E-state index contributed by atoms with van der Waals surface area (Å²) in [6.45, 7) is 5.67. The predicted octanol–water partition coefficient (Wildman–Crippen LogP) is 2.38. The van der Waals surface area contributed by atoms with Gasteiger partial charge in [0.15, 0.2) is 6.29 Å². The Morgan fingerprint density at radius 2 is 1.95 bits per heavy atom. The zero-order chi connectivity index (χ0) is 14.0. The molecular weight excluding hydrogens is 254 g/mol. The molecule has 2 rings (SSSR count). The van der Waals surface area contributed by atoms with Crippen LogP contribution in [0.5, 0.6) is 5.75 Å². The highest BCUT2D eigenvalue weighted by Gasteiger charge is 2.09. The van der Waals surface area contributed by atoms with Crippen molar-refractivity contribution >= 4 is 6.29 Å². The van der Waals surface area contributed by atoms with E-state index >= 15 is 0 Å². The SMILES string of the molecule is O=Cc1ccccc1OCCCCCN1CCOCC1. The molecule has 0 atom stereocenters. The number of hydrogen-bond acceptors (Lipinski definition) is 4. The first-order chi connectivity index (χ1) is 9.90. The molecule has 1 aromatic rings. The van der Waals surface area contributed by atoms with Crippen LogP contribution in [0.2, 0.25) is 0 Å². The highest BCUT2D eigenvalue weighted by atomic mass is 16.5. The molecule has 0 aliphatic carbocycles. The Morgan fingerprint density at radius 1 is 1.15 bits per heavy atom. The van der Waals surface area contributed by atoms with Gasteiger partial charge >= 0.3 is 0 Å². The van der Waals surface area contributed by atoms with E-state index in [9.17, 15) is 4.79 Å². The van der Waals surface area contributed by atoms with Crippen molar-refractivity contribution in [3.05, 3.63) is 29.8 Å². The summed E-state index contributed by atoms with van der Waals surface area (Å²) >= 11 is 0. The molecule has 1 aliphatic heterocycles. The Balaban J connectivity index is 1.56. The summed E-state index contributed by atoms with van der Waals surface area (Å²) in [5.41, 5.74) is 0.626. The maximum absolute atomic E-state index is 10.8. The normalized spacial score (nSPS) is 16.0. The first-order valence-electron chi connectivity index (χ1n) is 7.37. The van der Waals surface area contributed by atoms with Gasteiger partial charge in [-0.25, -0.2) is 0 Å². The molecule has 4 nitrogen and oxygen atoms in total. The van der Waals surface area contributed by atoms with Crippen LogP contribution < -0.4 is 4.74 Å². The molecule has 0 spiro atoms. The summed E-state index contributed by atoms with van der Waals surface area (Å²) in [4.78, 5) is 13.3. The van der Waals surface area contributed by atoms with Crippen molar-refractivity contribution in [3.63, 3.8) is 0 Å². The number of morpholine rings is 1. The van der Waals surface area contributed by atoms with Gasteiger partial charge in [-0.2, -0.15) is 0 Å². The molecule has 0 bridgehead atoms. The van der Waals surface area contributed by atoms with Crippen molar-refractivity contribution in [1.82, 2.24) is 4.90 Å². The largest absolute Gasteiger partial charge is 0.493 e. The topological polar surface area (TPSA) is 38.8 Å². The summed E-state index contributed by atoms with van der Waals surface area (Å²) in [5, 5.41) is 0. The standard InChI is InChI=1S/C16H23NO3/c18-14-15-6-2-3-7-16(15)20-11-5-1-4-8-17-9-12-19-13-10-17/h2-3,6-7,14H,1,4-5,8-13H2. The summed E-state index contributed by atoms with van der Waals surface area (Å²) in [6, 6.07) is 7.36. The number of carbonyl (C=O) groups is 1. The van der Waals surface area contributed by atoms with Crippen LogP contribution in [-0.2, 0) is 4.74 Å². The molecule has 0 aromatic heterocycles. The van der Waals surface area contributed by atoms with E-state index in [4.69, 9.17) is 9.47 Å². The van der Waals surface area contributed by atoms with Gasteiger partial charge in [-0.1, -0.05) is 12.1 Å². The first kappa shape index (κ1) is 15.0. The average molecular weight is 277 g/mol. The molecule has 0 saturated carbocycles. The van der Waals surface area contributed by atoms with E-state index in [1.54, 1.807) is 6.07 Å². The minimum absolute atomic E-state index is 0.626. The van der Waals surface area contributed by atoms with E-state index in [0.29, 0.717) is 17.9 Å². The number of aldehydes is 1. The number of hydrogen-bond donors (Lipinski definition) is 0. The zero-order valence-corrected chi connectivity index (χ0v) is 11.9. The van der Waals surface area contributed by atoms with E-state index in [1.165, 1.54) is 6.42 Å². The third-order valence-electron chi connectivity index (χ3n) is 3.53. The molecule has 1 aromatic carbocycles. The Hall–Kier alpha value is -1.39. The zero-order valence-electron chi connectivity index (χ0n) is 11.9. The second kappa shape index (κ2) is 8.72. The smallest absolute Gasteiger partial charge is 0.153 e. The lowest BCUT2D eigenvalue weighted by atomic mass is 10.2. The molecule has 0 amide bonds. The quantitative estimate of drug-likeness (QED) is 0.540. The number of unbranched alkanes of at least 4 members (excludes halogenated alkanes) is 2. The summed E-state index contributed by atoms with van der Waals surface area (Å²) < 4.78 is 11.0. The number of nitrogens with zero attached hydrogens (tertiary/aromatic N) is 1. The van der Waals surface area contributed by atoms with Gasteiger partial charge in [-0.3, -0.25) is 9.69 Å². The molecule has 1 heterocycles. The minimum Gasteiger partial charge on any atom is -0.493 e. The second-order valence-electron chi connectivity index (χ2n) is 5.02. The van der Waals surface area contributed by atoms with Crippen LogP contribution in [0.1, 0.15) is 29.6 Å². The molecule has 4 heteroatoms. The van der Waals surface area contributed by atoms with E-state index in [1.807, 2.05) is 18.2 Å². The fourth-order valence-corrected chi connectivity index (χ4v) is 2.33. The number of para-hydroxylation sites is 1. The van der Waals surface area contributed by atoms with Crippen LogP contribution in [0, 0.1) is 0 Å². The van der Waals surface area contributed by atoms with Crippen LogP contribution in [-0.4, -0.2) is 50.6 Å². The fourth-order valence-electron chi connectivity index (χ4n) is 2.33. The van der Waals surface area contributed by atoms with Crippen molar-refractivity contribution in [2.75, 3.05) is 39.5 Å². The van der Waals surface area contributed by atoms with Gasteiger partial charge in [0.05, 0.1) is 25.4 Å². The molecule has 1 saturated heterocycles. The van der Waals surface area contributed by atoms with Crippen molar-refractivity contribution in [2.24, 2.45) is 0 Å². The highest BCUT2D eigenvalue weighted by Crippen LogP contribution is 2.16. The third kappa shape index (κ3) is 4.94. The van der Waals surface area contributed by atoms with Crippen LogP contribution in [0.4, 0.5) is 0 Å². The summed E-state index contributed by atoms with van der Waals surface area (Å²) in [6.07, 6.45) is 4.21. The lowest BCUT2D eigenvalue weighted by Gasteiger charge is -2.26. The monoisotopic (exact) mass is 277 g/mol. The maximum Gasteiger partial charge on any atom is 0.153 e. The second-order valence-corrected chi connectivity index (χ2v) is 5.02. The molecule has 110 valence electrons. The molecule has 0 radical (unpaired) electrons. The number of benzene rings is 1. The van der Waals surface area contributed by atoms with Crippen molar-refractivity contribution in [1.29, 1.82) is 0 Å². The van der Waals surface area contributed by atoms with Crippen LogP contribution >= 0.6 is 0 Å². The fraction of sp³-hybridized carbons (Fsp3) is 0.562. The van der Waals surface area contributed by atoms with Crippen LogP contribution in [0.3, 0.4) is 0 Å². The molecular formula is C16H23NO3. The van der Waals surface area contributed by atoms with Gasteiger partial charge in [0.2, 0.25) is 0 Å². The maximum atomic E-state index is 10.8. The number of rotatable bonds is 8. The van der Waals surface area contributed by atoms with E-state index < -0.39 is 0 Å². The minimum atomic E-state index is 0.626. The predicted molar refractivity (Wildman–Crippen MR) is 78.4 cm³/mol. The average Bonchev–Trinajstić information content (AvgIpc) is 2.52. The van der Waals surface area contributed by atoms with Crippen molar-refractivity contribution in [2.45, 2.75) is 19.3 Å². The van der Waals surface area contributed by atoms with Gasteiger partial charge in [-0.05, 0) is 37.9 Å². The van der Waals surface area contributed by atoms with Gasteiger partial charge in [0.25, 0.3) is 0 Å². The lowest BCUT2D eigenvalue weighted by Crippen LogP contribution is -2.36. The Bertz CT molecular complexity index is 402. The molecule has 20 heavy (non-hydrogen) atoms. The number of ether oxygens (including phenoxy) is 2. The van der Waals surface area contributed by atoms with Gasteiger partial charge in [0.1, 0.15) is 5.75 Å². The Kier molecular flexibility index (Phi) is 6.54. The molecule has 0 N–H and O–H groups in total. The summed E-state index contributed by atoms with van der Waals surface area (Å²) in [7, 11) is 0. The lowest BCUT2D eigenvalue weighted by molar-refractivity contribution is 0.0370. The summed E-state index contributed by atoms with van der Waals surface area (Å²) in [5.74, 6) is 0.690. The van der Waals surface area contributed by atoms with Gasteiger partial charge < -0.3 is 9.47 Å². The van der Waals surface area contributed by atoms with Crippen LogP contribution in [0.15, 0.2) is 24.3 Å². The molecule has 1 fully saturated rings. The highest BCUT2D eigenvalue weighted by molar-refractivity contribution is 5.79. The van der Waals surface area contributed by atoms with Crippen molar-refractivity contribution < 1.29 is 14.3 Å². The third-order valence-corrected chi connectivity index (χ3v) is 3.53. The van der Waals surface area contributed by atoms with Crippen LogP contribution in [0.25, 0.3) is 0 Å². The Morgan fingerprint density at radius 3 is 2.75 bits per heavy atom.